The maximum atomic E-state index is 5.82. The molecule has 0 spiro atoms. The SMILES string of the molecule is CCC(C)COc1ccc(OC)cc1N. The second-order valence-corrected chi connectivity index (χ2v) is 3.73. The quantitative estimate of drug-likeness (QED) is 0.758. The van der Waals surface area contributed by atoms with E-state index in [-0.39, 0.29) is 0 Å². The van der Waals surface area contributed by atoms with Crippen LogP contribution in [0, 0.1) is 5.92 Å². The van der Waals surface area contributed by atoms with E-state index in [0.717, 1.165) is 17.9 Å². The van der Waals surface area contributed by atoms with Crippen LogP contribution in [-0.4, -0.2) is 13.7 Å². The Morgan fingerprint density at radius 3 is 2.67 bits per heavy atom. The van der Waals surface area contributed by atoms with E-state index in [1.807, 2.05) is 12.1 Å². The molecule has 2 N–H and O–H groups in total. The first kappa shape index (κ1) is 11.7. The van der Waals surface area contributed by atoms with Crippen LogP contribution in [0.3, 0.4) is 0 Å². The Hall–Kier alpha value is -1.38. The Balaban J connectivity index is 2.62. The highest BCUT2D eigenvalue weighted by molar-refractivity contribution is 5.56. The van der Waals surface area contributed by atoms with Crippen LogP contribution in [0.2, 0.25) is 0 Å². The van der Waals surface area contributed by atoms with Crippen molar-refractivity contribution in [2.45, 2.75) is 20.3 Å². The maximum absolute atomic E-state index is 5.82. The molecule has 0 bridgehead atoms. The average Bonchev–Trinajstić information content (AvgIpc) is 2.26. The molecule has 0 aromatic heterocycles. The second-order valence-electron chi connectivity index (χ2n) is 3.73. The average molecular weight is 209 g/mol. The van der Waals surface area contributed by atoms with E-state index in [9.17, 15) is 0 Å². The third kappa shape index (κ3) is 3.35. The minimum absolute atomic E-state index is 0.548. The number of methoxy groups -OCH3 is 1. The largest absolute Gasteiger partial charge is 0.497 e. The molecule has 3 heteroatoms. The van der Waals surface area contributed by atoms with Gasteiger partial charge >= 0.3 is 0 Å². The van der Waals surface area contributed by atoms with Gasteiger partial charge in [0.05, 0.1) is 19.4 Å². The number of nitrogen functional groups attached to an aromatic ring is 1. The summed E-state index contributed by atoms with van der Waals surface area (Å²) in [5.41, 5.74) is 6.44. The van der Waals surface area contributed by atoms with E-state index in [1.165, 1.54) is 0 Å². The van der Waals surface area contributed by atoms with E-state index in [4.69, 9.17) is 15.2 Å². The third-order valence-corrected chi connectivity index (χ3v) is 2.44. The number of rotatable bonds is 5. The first-order valence-corrected chi connectivity index (χ1v) is 5.23. The molecule has 1 rings (SSSR count). The second kappa shape index (κ2) is 5.49. The molecule has 0 saturated carbocycles. The van der Waals surface area contributed by atoms with Crippen molar-refractivity contribution in [2.24, 2.45) is 5.92 Å². The van der Waals surface area contributed by atoms with Crippen molar-refractivity contribution < 1.29 is 9.47 Å². The van der Waals surface area contributed by atoms with Crippen molar-refractivity contribution in [3.05, 3.63) is 18.2 Å². The van der Waals surface area contributed by atoms with Gasteiger partial charge in [-0.15, -0.1) is 0 Å². The minimum atomic E-state index is 0.548. The van der Waals surface area contributed by atoms with Crippen molar-refractivity contribution in [1.82, 2.24) is 0 Å². The van der Waals surface area contributed by atoms with E-state index >= 15 is 0 Å². The standard InChI is InChI=1S/C12H19NO2/c1-4-9(2)8-15-12-6-5-10(14-3)7-11(12)13/h5-7,9H,4,8,13H2,1-3H3. The van der Waals surface area contributed by atoms with Gasteiger partial charge in [-0.3, -0.25) is 0 Å². The van der Waals surface area contributed by atoms with Gasteiger partial charge in [0.25, 0.3) is 0 Å². The Morgan fingerprint density at radius 2 is 2.13 bits per heavy atom. The molecule has 0 aliphatic rings. The van der Waals surface area contributed by atoms with E-state index in [1.54, 1.807) is 13.2 Å². The van der Waals surface area contributed by atoms with Crippen molar-refractivity contribution in [3.63, 3.8) is 0 Å². The van der Waals surface area contributed by atoms with Crippen molar-refractivity contribution in [1.29, 1.82) is 0 Å². The highest BCUT2D eigenvalue weighted by atomic mass is 16.5. The summed E-state index contributed by atoms with van der Waals surface area (Å²) in [4.78, 5) is 0. The fourth-order valence-electron chi connectivity index (χ4n) is 1.13. The van der Waals surface area contributed by atoms with Crippen LogP contribution >= 0.6 is 0 Å². The Morgan fingerprint density at radius 1 is 1.40 bits per heavy atom. The van der Waals surface area contributed by atoms with Crippen LogP contribution in [0.15, 0.2) is 18.2 Å². The fraction of sp³-hybridized carbons (Fsp3) is 0.500. The number of benzene rings is 1. The first-order valence-electron chi connectivity index (χ1n) is 5.23. The van der Waals surface area contributed by atoms with Crippen molar-refractivity contribution in [3.8, 4) is 11.5 Å². The lowest BCUT2D eigenvalue weighted by Gasteiger charge is -2.13. The highest BCUT2D eigenvalue weighted by Crippen LogP contribution is 2.26. The van der Waals surface area contributed by atoms with Gasteiger partial charge < -0.3 is 15.2 Å². The molecule has 0 radical (unpaired) electrons. The summed E-state index contributed by atoms with van der Waals surface area (Å²) in [5, 5.41) is 0. The van der Waals surface area contributed by atoms with Gasteiger partial charge in [0.15, 0.2) is 0 Å². The predicted molar refractivity (Wildman–Crippen MR) is 62.4 cm³/mol. The van der Waals surface area contributed by atoms with Crippen LogP contribution < -0.4 is 15.2 Å². The van der Waals surface area contributed by atoms with Gasteiger partial charge in [-0.2, -0.15) is 0 Å². The topological polar surface area (TPSA) is 44.5 Å². The zero-order valence-corrected chi connectivity index (χ0v) is 9.62. The first-order chi connectivity index (χ1) is 7.17. The number of ether oxygens (including phenoxy) is 2. The smallest absolute Gasteiger partial charge is 0.142 e. The minimum Gasteiger partial charge on any atom is -0.497 e. The summed E-state index contributed by atoms with van der Waals surface area (Å²) in [6.45, 7) is 5.00. The van der Waals surface area contributed by atoms with E-state index in [0.29, 0.717) is 18.2 Å². The summed E-state index contributed by atoms with van der Waals surface area (Å²) < 4.78 is 10.7. The fourth-order valence-corrected chi connectivity index (χ4v) is 1.13. The highest BCUT2D eigenvalue weighted by Gasteiger charge is 2.04. The Bertz CT molecular complexity index is 312. The van der Waals surface area contributed by atoms with Crippen molar-refractivity contribution in [2.75, 3.05) is 19.5 Å². The Labute approximate surface area is 91.2 Å². The predicted octanol–water partition coefficient (Wildman–Crippen LogP) is 2.70. The van der Waals surface area contributed by atoms with Crippen LogP contribution in [0.4, 0.5) is 5.69 Å². The molecule has 0 amide bonds. The molecular weight excluding hydrogens is 190 g/mol. The molecule has 84 valence electrons. The van der Waals surface area contributed by atoms with Gasteiger partial charge in [0, 0.05) is 6.07 Å². The molecule has 3 nitrogen and oxygen atoms in total. The Kier molecular flexibility index (Phi) is 4.28. The van der Waals surface area contributed by atoms with Crippen molar-refractivity contribution >= 4 is 5.69 Å². The van der Waals surface area contributed by atoms with Gasteiger partial charge in [-0.05, 0) is 18.1 Å². The molecule has 1 atom stereocenters. The molecular formula is C12H19NO2. The maximum Gasteiger partial charge on any atom is 0.142 e. The number of hydrogen-bond acceptors (Lipinski definition) is 3. The number of nitrogens with two attached hydrogens (primary N) is 1. The molecule has 0 fully saturated rings. The lowest BCUT2D eigenvalue weighted by atomic mass is 10.1. The van der Waals surface area contributed by atoms with Crippen LogP contribution in [0.25, 0.3) is 0 Å². The van der Waals surface area contributed by atoms with Crippen LogP contribution in [0.5, 0.6) is 11.5 Å². The zero-order valence-electron chi connectivity index (χ0n) is 9.62. The van der Waals surface area contributed by atoms with E-state index < -0.39 is 0 Å². The van der Waals surface area contributed by atoms with Gasteiger partial charge in [-0.25, -0.2) is 0 Å². The van der Waals surface area contributed by atoms with E-state index in [2.05, 4.69) is 13.8 Å². The summed E-state index contributed by atoms with van der Waals surface area (Å²) in [6, 6.07) is 5.46. The summed E-state index contributed by atoms with van der Waals surface area (Å²) in [5.74, 6) is 2.03. The molecule has 0 aliphatic carbocycles. The third-order valence-electron chi connectivity index (χ3n) is 2.44. The van der Waals surface area contributed by atoms with Gasteiger partial charge in [0.2, 0.25) is 0 Å². The monoisotopic (exact) mass is 209 g/mol. The molecule has 0 saturated heterocycles. The van der Waals surface area contributed by atoms with Gasteiger partial charge in [-0.1, -0.05) is 20.3 Å². The zero-order chi connectivity index (χ0) is 11.3. The number of hydrogen-bond donors (Lipinski definition) is 1. The molecule has 1 aromatic carbocycles. The van der Waals surface area contributed by atoms with Crippen LogP contribution in [-0.2, 0) is 0 Å². The number of anilines is 1. The normalized spacial score (nSPS) is 12.2. The lowest BCUT2D eigenvalue weighted by molar-refractivity contribution is 0.257. The summed E-state index contributed by atoms with van der Waals surface area (Å²) in [6.07, 6.45) is 1.11. The van der Waals surface area contributed by atoms with Crippen LogP contribution in [0.1, 0.15) is 20.3 Å². The summed E-state index contributed by atoms with van der Waals surface area (Å²) >= 11 is 0. The molecule has 0 aliphatic heterocycles. The van der Waals surface area contributed by atoms with Gasteiger partial charge in [0.1, 0.15) is 11.5 Å². The molecule has 1 unspecified atom stereocenters. The summed E-state index contributed by atoms with van der Waals surface area (Å²) in [7, 11) is 1.62. The molecule has 0 heterocycles. The molecule has 15 heavy (non-hydrogen) atoms. The molecule has 1 aromatic rings. The lowest BCUT2D eigenvalue weighted by Crippen LogP contribution is -2.08.